The Morgan fingerprint density at radius 2 is 2.21 bits per heavy atom. The van der Waals surface area contributed by atoms with Crippen molar-refractivity contribution in [1.29, 1.82) is 0 Å². The van der Waals surface area contributed by atoms with Crippen molar-refractivity contribution in [2.45, 2.75) is 18.9 Å². The highest BCUT2D eigenvalue weighted by Crippen LogP contribution is 2.31. The number of carbonyl (C=O) groups excluding carboxylic acids is 1. The van der Waals surface area contributed by atoms with Crippen LogP contribution in [0.15, 0.2) is 41.8 Å². The predicted molar refractivity (Wildman–Crippen MR) is 78.5 cm³/mol. The van der Waals surface area contributed by atoms with Crippen LogP contribution in [0.2, 0.25) is 0 Å². The number of fused-ring (bicyclic) bond motifs is 1. The van der Waals surface area contributed by atoms with Crippen LogP contribution in [0.1, 0.15) is 29.3 Å². The van der Waals surface area contributed by atoms with E-state index >= 15 is 0 Å². The van der Waals surface area contributed by atoms with Gasteiger partial charge < -0.3 is 10.6 Å². The lowest BCUT2D eigenvalue weighted by Crippen LogP contribution is -2.32. The number of para-hydroxylation sites is 1. The van der Waals surface area contributed by atoms with Gasteiger partial charge in [-0.15, -0.1) is 11.3 Å². The van der Waals surface area contributed by atoms with Crippen LogP contribution < -0.4 is 10.6 Å². The molecule has 3 rings (SSSR count). The summed E-state index contributed by atoms with van der Waals surface area (Å²) in [7, 11) is 0. The molecule has 3 nitrogen and oxygen atoms in total. The average Bonchev–Trinajstić information content (AvgIpc) is 3.08. The first-order valence-electron chi connectivity index (χ1n) is 6.42. The number of rotatable bonds is 3. The maximum Gasteiger partial charge on any atom is 0.229 e. The van der Waals surface area contributed by atoms with Gasteiger partial charge in [0.15, 0.2) is 0 Å². The van der Waals surface area contributed by atoms with Crippen molar-refractivity contribution in [3.63, 3.8) is 0 Å². The first kappa shape index (κ1) is 12.2. The Balaban J connectivity index is 1.72. The number of nitrogens with one attached hydrogen (secondary N) is 2. The smallest absolute Gasteiger partial charge is 0.229 e. The van der Waals surface area contributed by atoms with E-state index in [-0.39, 0.29) is 17.9 Å². The lowest BCUT2D eigenvalue weighted by atomic mass is 10.0. The second-order valence-electron chi connectivity index (χ2n) is 4.77. The van der Waals surface area contributed by atoms with Gasteiger partial charge in [-0.2, -0.15) is 0 Å². The van der Waals surface area contributed by atoms with E-state index in [2.05, 4.69) is 16.7 Å². The van der Waals surface area contributed by atoms with Crippen LogP contribution in [0.3, 0.4) is 0 Å². The number of hydrogen-bond donors (Lipinski definition) is 2. The zero-order chi connectivity index (χ0) is 13.2. The minimum absolute atomic E-state index is 0.0697. The average molecular weight is 272 g/mol. The highest BCUT2D eigenvalue weighted by atomic mass is 32.1. The van der Waals surface area contributed by atoms with Crippen molar-refractivity contribution in [2.24, 2.45) is 0 Å². The molecule has 0 aliphatic carbocycles. The third-order valence-electron chi connectivity index (χ3n) is 3.48. The van der Waals surface area contributed by atoms with Gasteiger partial charge in [0.2, 0.25) is 5.91 Å². The largest absolute Gasteiger partial charge is 0.384 e. The van der Waals surface area contributed by atoms with Crippen LogP contribution in [0.4, 0.5) is 5.69 Å². The summed E-state index contributed by atoms with van der Waals surface area (Å²) in [6.45, 7) is 2.71. The van der Waals surface area contributed by atoms with Crippen molar-refractivity contribution in [3.8, 4) is 0 Å². The van der Waals surface area contributed by atoms with E-state index in [0.29, 0.717) is 6.54 Å². The summed E-state index contributed by atoms with van der Waals surface area (Å²) >= 11 is 1.67. The summed E-state index contributed by atoms with van der Waals surface area (Å²) in [5.74, 6) is 0.0111. The fourth-order valence-electron chi connectivity index (χ4n) is 2.44. The Morgan fingerprint density at radius 3 is 3.00 bits per heavy atom. The minimum Gasteiger partial charge on any atom is -0.384 e. The number of thiophene rings is 1. The molecule has 2 aromatic rings. The van der Waals surface area contributed by atoms with Gasteiger partial charge in [0.25, 0.3) is 0 Å². The van der Waals surface area contributed by atoms with Gasteiger partial charge in [-0.25, -0.2) is 0 Å². The Kier molecular flexibility index (Phi) is 3.25. The number of amides is 1. The van der Waals surface area contributed by atoms with Crippen molar-refractivity contribution < 1.29 is 4.79 Å². The van der Waals surface area contributed by atoms with Gasteiger partial charge in [0, 0.05) is 17.1 Å². The van der Waals surface area contributed by atoms with E-state index in [1.165, 1.54) is 4.88 Å². The monoisotopic (exact) mass is 272 g/mol. The third kappa shape index (κ3) is 2.36. The highest BCUT2D eigenvalue weighted by molar-refractivity contribution is 7.10. The fourth-order valence-corrected chi connectivity index (χ4v) is 3.17. The van der Waals surface area contributed by atoms with E-state index in [9.17, 15) is 4.79 Å². The molecule has 0 saturated heterocycles. The summed E-state index contributed by atoms with van der Waals surface area (Å²) in [5.41, 5.74) is 2.17. The molecule has 1 aliphatic heterocycles. The molecular formula is C15H16N2OS. The second-order valence-corrected chi connectivity index (χ2v) is 5.75. The molecule has 0 spiro atoms. The van der Waals surface area contributed by atoms with E-state index in [1.54, 1.807) is 11.3 Å². The zero-order valence-corrected chi connectivity index (χ0v) is 11.5. The molecule has 98 valence electrons. The third-order valence-corrected chi connectivity index (χ3v) is 4.53. The van der Waals surface area contributed by atoms with Crippen LogP contribution in [-0.2, 0) is 4.79 Å². The highest BCUT2D eigenvalue weighted by Gasteiger charge is 2.28. The van der Waals surface area contributed by atoms with E-state index in [0.717, 1.165) is 11.3 Å². The summed E-state index contributed by atoms with van der Waals surface area (Å²) in [5, 5.41) is 8.41. The molecule has 1 amide bonds. The maximum atomic E-state index is 12.4. The normalized spacial score (nSPS) is 18.5. The van der Waals surface area contributed by atoms with E-state index < -0.39 is 0 Å². The molecule has 2 heterocycles. The molecule has 2 atom stereocenters. The standard InChI is InChI=1S/C15H16N2OS/c1-10(14-7-4-8-19-14)17-15(18)12-9-16-13-6-3-2-5-11(12)13/h2-8,10,12,16H,9H2,1H3,(H,17,18)/t10-,12?/m0/s1. The second kappa shape index (κ2) is 5.05. The molecule has 1 aliphatic rings. The lowest BCUT2D eigenvalue weighted by molar-refractivity contribution is -0.122. The molecule has 0 bridgehead atoms. The Bertz CT molecular complexity index is 580. The molecule has 0 fully saturated rings. The maximum absolute atomic E-state index is 12.4. The van der Waals surface area contributed by atoms with Gasteiger partial charge in [-0.1, -0.05) is 24.3 Å². The van der Waals surface area contributed by atoms with Crippen LogP contribution in [0.25, 0.3) is 0 Å². The lowest BCUT2D eigenvalue weighted by Gasteiger charge is -2.16. The SMILES string of the molecule is C[C@H](NC(=O)C1CNc2ccccc21)c1cccs1. The molecule has 4 heteroatoms. The Labute approximate surface area is 116 Å². The summed E-state index contributed by atoms with van der Waals surface area (Å²) < 4.78 is 0. The fraction of sp³-hybridized carbons (Fsp3) is 0.267. The molecular weight excluding hydrogens is 256 g/mol. The van der Waals surface area contributed by atoms with E-state index in [4.69, 9.17) is 0 Å². The van der Waals surface area contributed by atoms with Crippen molar-refractivity contribution in [1.82, 2.24) is 5.32 Å². The van der Waals surface area contributed by atoms with Crippen molar-refractivity contribution in [2.75, 3.05) is 11.9 Å². The van der Waals surface area contributed by atoms with Crippen molar-refractivity contribution >= 4 is 22.9 Å². The number of hydrogen-bond acceptors (Lipinski definition) is 3. The summed E-state index contributed by atoms with van der Waals surface area (Å²) in [4.78, 5) is 13.6. The van der Waals surface area contributed by atoms with Gasteiger partial charge in [0.05, 0.1) is 12.0 Å². The van der Waals surface area contributed by atoms with Crippen LogP contribution in [0, 0.1) is 0 Å². The van der Waals surface area contributed by atoms with E-state index in [1.807, 2.05) is 42.6 Å². The molecule has 1 aromatic heterocycles. The van der Waals surface area contributed by atoms with Crippen molar-refractivity contribution in [3.05, 3.63) is 52.2 Å². The van der Waals surface area contributed by atoms with Gasteiger partial charge >= 0.3 is 0 Å². The number of carbonyl (C=O) groups is 1. The van der Waals surface area contributed by atoms with Gasteiger partial charge in [-0.3, -0.25) is 4.79 Å². The molecule has 2 N–H and O–H groups in total. The Hall–Kier alpha value is -1.81. The quantitative estimate of drug-likeness (QED) is 0.901. The predicted octanol–water partition coefficient (Wildman–Crippen LogP) is 3.13. The molecule has 19 heavy (non-hydrogen) atoms. The van der Waals surface area contributed by atoms with Crippen LogP contribution >= 0.6 is 11.3 Å². The molecule has 1 unspecified atom stereocenters. The topological polar surface area (TPSA) is 41.1 Å². The zero-order valence-electron chi connectivity index (χ0n) is 10.7. The first-order valence-corrected chi connectivity index (χ1v) is 7.30. The summed E-state index contributed by atoms with van der Waals surface area (Å²) in [6.07, 6.45) is 0. The Morgan fingerprint density at radius 1 is 1.37 bits per heavy atom. The number of benzene rings is 1. The summed E-state index contributed by atoms with van der Waals surface area (Å²) in [6, 6.07) is 12.1. The molecule has 0 radical (unpaired) electrons. The van der Waals surface area contributed by atoms with Gasteiger partial charge in [0.1, 0.15) is 0 Å². The molecule has 0 saturated carbocycles. The minimum atomic E-state index is -0.0846. The van der Waals surface area contributed by atoms with Crippen LogP contribution in [0.5, 0.6) is 0 Å². The first-order chi connectivity index (χ1) is 9.25. The van der Waals surface area contributed by atoms with Crippen LogP contribution in [-0.4, -0.2) is 12.5 Å². The number of anilines is 1. The van der Waals surface area contributed by atoms with Gasteiger partial charge in [-0.05, 0) is 30.0 Å². The molecule has 1 aromatic carbocycles.